The molecule has 310 valence electrons. The first kappa shape index (κ1) is 43.7. The summed E-state index contributed by atoms with van der Waals surface area (Å²) in [5.41, 5.74) is 2.66. The van der Waals surface area contributed by atoms with Crippen LogP contribution in [0.25, 0.3) is 60.9 Å². The summed E-state index contributed by atoms with van der Waals surface area (Å²) >= 11 is 10.5. The van der Waals surface area contributed by atoms with Crippen LogP contribution in [0, 0.1) is 23.6 Å². The molecule has 0 amide bonds. The van der Waals surface area contributed by atoms with Gasteiger partial charge in [0.05, 0.1) is 16.2 Å². The van der Waals surface area contributed by atoms with Crippen LogP contribution in [0.3, 0.4) is 0 Å². The van der Waals surface area contributed by atoms with Crippen molar-refractivity contribution < 1.29 is 13.9 Å². The predicted octanol–water partition coefficient (Wildman–Crippen LogP) is 18.5. The van der Waals surface area contributed by atoms with Crippen molar-refractivity contribution in [1.82, 2.24) is 0 Å². The lowest BCUT2D eigenvalue weighted by Crippen LogP contribution is -2.14. The van der Waals surface area contributed by atoms with E-state index >= 15 is 4.39 Å². The molecule has 0 saturated carbocycles. The molecule has 0 aliphatic rings. The Hall–Kier alpha value is -2.40. The lowest BCUT2D eigenvalue weighted by atomic mass is 9.95. The van der Waals surface area contributed by atoms with Crippen molar-refractivity contribution in [2.24, 2.45) is 17.8 Å². The summed E-state index contributed by atoms with van der Waals surface area (Å²) in [6, 6.07) is 14.2. The quantitative estimate of drug-likeness (QED) is 0.0634. The number of hydrogen-bond donors (Lipinski definition) is 0. The SMILES string of the molecule is CCCCC(CC)COC(=O)c1sc2c(-c3cc4c(-c5ccc(CC(CC)CCCC)s5)c5sccc5c(-c5ccc(CC(CC)CCCC)s5)c4s3)scc2c1F. The number of ether oxygens (including phenoxy) is 1. The first-order chi connectivity index (χ1) is 28.3. The van der Waals surface area contributed by atoms with E-state index in [1.807, 2.05) is 50.7 Å². The Morgan fingerprint density at radius 2 is 1.21 bits per heavy atom. The normalized spacial score (nSPS) is 13.6. The second-order valence-corrected chi connectivity index (χ2v) is 22.3. The molecule has 3 unspecified atom stereocenters. The first-order valence-corrected chi connectivity index (χ1v) is 26.9. The second kappa shape index (κ2) is 20.4. The van der Waals surface area contributed by atoms with E-state index in [9.17, 15) is 4.79 Å². The number of hydrogen-bond acceptors (Lipinski definition) is 8. The Balaban J connectivity index is 1.32. The molecule has 0 saturated heterocycles. The number of carbonyl (C=O) groups excluding carboxylic acids is 1. The highest BCUT2D eigenvalue weighted by Gasteiger charge is 2.27. The van der Waals surface area contributed by atoms with Gasteiger partial charge in [0.1, 0.15) is 4.88 Å². The van der Waals surface area contributed by atoms with Crippen LogP contribution in [0.15, 0.2) is 47.2 Å². The Morgan fingerprint density at radius 1 is 0.621 bits per heavy atom. The Labute approximate surface area is 369 Å². The third kappa shape index (κ3) is 9.40. The molecule has 7 aromatic rings. The Morgan fingerprint density at radius 3 is 1.79 bits per heavy atom. The number of halogens is 1. The lowest BCUT2D eigenvalue weighted by molar-refractivity contribution is 0.0429. The van der Waals surface area contributed by atoms with Crippen molar-refractivity contribution in [2.45, 2.75) is 131 Å². The molecule has 0 N–H and O–H groups in total. The van der Waals surface area contributed by atoms with E-state index in [-0.39, 0.29) is 4.88 Å². The first-order valence-electron chi connectivity index (χ1n) is 21.8. The summed E-state index contributed by atoms with van der Waals surface area (Å²) in [6.07, 6.45) is 16.6. The zero-order valence-electron chi connectivity index (χ0n) is 35.1. The molecule has 9 heteroatoms. The van der Waals surface area contributed by atoms with Crippen LogP contribution in [0.2, 0.25) is 0 Å². The number of fused-ring (bicyclic) bond motifs is 3. The standard InChI is InChI=1S/C49H59FO2S6/c1-7-13-16-30(10-4)25-33-19-21-38(55-33)41-35-23-24-53-44(35)42(39-22-20-34(56-39)26-31(11-5)17-14-8-2)36-27-40(57-45(36)41)47-46-37(29-54-47)43(50)48(58-46)49(51)52-28-32(12-6)18-15-9-3/h19-24,27,29-32H,7-18,25-26,28H2,1-6H3. The lowest BCUT2D eigenvalue weighted by Gasteiger charge is -2.14. The van der Waals surface area contributed by atoms with Crippen molar-refractivity contribution in [2.75, 3.05) is 6.61 Å². The molecule has 0 spiro atoms. The van der Waals surface area contributed by atoms with Crippen LogP contribution in [0.1, 0.15) is 138 Å². The van der Waals surface area contributed by atoms with Crippen molar-refractivity contribution in [3.63, 3.8) is 0 Å². The van der Waals surface area contributed by atoms with E-state index in [4.69, 9.17) is 4.74 Å². The minimum Gasteiger partial charge on any atom is -0.461 e. The molecule has 0 fully saturated rings. The Kier molecular flexibility index (Phi) is 15.4. The molecular formula is C49H59FO2S6. The molecule has 2 nitrogen and oxygen atoms in total. The molecule has 7 rings (SSSR count). The highest BCUT2D eigenvalue weighted by molar-refractivity contribution is 7.31. The molecule has 3 atom stereocenters. The molecule has 0 bridgehead atoms. The fraction of sp³-hybridized carbons (Fsp3) is 0.490. The number of thiophene rings is 6. The zero-order valence-corrected chi connectivity index (χ0v) is 40.0. The van der Waals surface area contributed by atoms with Gasteiger partial charge in [0, 0.05) is 66.5 Å². The largest absolute Gasteiger partial charge is 0.461 e. The van der Waals surface area contributed by atoms with Crippen LogP contribution >= 0.6 is 68.0 Å². The van der Waals surface area contributed by atoms with Gasteiger partial charge in [-0.3, -0.25) is 0 Å². The van der Waals surface area contributed by atoms with Gasteiger partial charge < -0.3 is 4.74 Å². The number of rotatable bonds is 22. The Bertz CT molecular complexity index is 2310. The fourth-order valence-electron chi connectivity index (χ4n) is 8.34. The van der Waals surface area contributed by atoms with E-state index in [2.05, 4.69) is 83.3 Å². The van der Waals surface area contributed by atoms with Gasteiger partial charge >= 0.3 is 5.97 Å². The van der Waals surface area contributed by atoms with Crippen molar-refractivity contribution >= 4 is 104 Å². The minimum absolute atomic E-state index is 0.0956. The van der Waals surface area contributed by atoms with Crippen molar-refractivity contribution in [3.8, 4) is 30.6 Å². The predicted molar refractivity (Wildman–Crippen MR) is 260 cm³/mol. The molecule has 6 aromatic heterocycles. The van der Waals surface area contributed by atoms with Gasteiger partial charge in [0.25, 0.3) is 0 Å². The van der Waals surface area contributed by atoms with E-state index in [1.54, 1.807) is 11.3 Å². The summed E-state index contributed by atoms with van der Waals surface area (Å²) in [7, 11) is 0. The van der Waals surface area contributed by atoms with Gasteiger partial charge in [-0.25, -0.2) is 9.18 Å². The van der Waals surface area contributed by atoms with E-state index in [1.165, 1.54) is 114 Å². The summed E-state index contributed by atoms with van der Waals surface area (Å²) in [4.78, 5) is 21.2. The third-order valence-electron chi connectivity index (χ3n) is 12.1. The van der Waals surface area contributed by atoms with Gasteiger partial charge in [-0.15, -0.1) is 68.0 Å². The van der Waals surface area contributed by atoms with Crippen LogP contribution in [-0.2, 0) is 17.6 Å². The number of unbranched alkanes of at least 4 members (excludes halogenated alkanes) is 3. The number of benzene rings is 1. The third-order valence-corrected chi connectivity index (χ3v) is 18.9. The van der Waals surface area contributed by atoms with E-state index < -0.39 is 11.8 Å². The highest BCUT2D eigenvalue weighted by Crippen LogP contribution is 2.54. The van der Waals surface area contributed by atoms with Crippen molar-refractivity contribution in [3.05, 3.63) is 67.6 Å². The van der Waals surface area contributed by atoms with Crippen LogP contribution in [0.4, 0.5) is 4.39 Å². The van der Waals surface area contributed by atoms with E-state index in [0.29, 0.717) is 17.9 Å². The summed E-state index contributed by atoms with van der Waals surface area (Å²) < 4.78 is 25.3. The number of carbonyl (C=O) groups is 1. The summed E-state index contributed by atoms with van der Waals surface area (Å²) in [5.74, 6) is 0.765. The van der Waals surface area contributed by atoms with Gasteiger partial charge in [-0.1, -0.05) is 112 Å². The maximum atomic E-state index is 16.0. The zero-order chi connectivity index (χ0) is 40.8. The van der Waals surface area contributed by atoms with Gasteiger partial charge in [0.2, 0.25) is 0 Å². The summed E-state index contributed by atoms with van der Waals surface area (Å²) in [5, 5.41) is 7.30. The van der Waals surface area contributed by atoms with Crippen molar-refractivity contribution in [1.29, 1.82) is 0 Å². The number of esters is 1. The van der Waals surface area contributed by atoms with E-state index in [0.717, 1.165) is 64.8 Å². The molecule has 58 heavy (non-hydrogen) atoms. The maximum Gasteiger partial charge on any atom is 0.351 e. The van der Waals surface area contributed by atoms with Gasteiger partial charge in [0.15, 0.2) is 5.82 Å². The monoisotopic (exact) mass is 890 g/mol. The fourth-order valence-corrected chi connectivity index (χ4v) is 15.5. The average molecular weight is 891 g/mol. The molecule has 1 aromatic carbocycles. The molecule has 0 aliphatic heterocycles. The van der Waals surface area contributed by atoms with Gasteiger partial charge in [-0.05, 0) is 78.8 Å². The summed E-state index contributed by atoms with van der Waals surface area (Å²) in [6.45, 7) is 13.9. The maximum absolute atomic E-state index is 16.0. The highest BCUT2D eigenvalue weighted by atomic mass is 32.1. The molecule has 6 heterocycles. The molecule has 0 radical (unpaired) electrons. The van der Waals surface area contributed by atoms with Crippen LogP contribution < -0.4 is 0 Å². The molecular weight excluding hydrogens is 832 g/mol. The average Bonchev–Trinajstić information content (AvgIpc) is 4.10. The van der Waals surface area contributed by atoms with Crippen LogP contribution in [0.5, 0.6) is 0 Å². The topological polar surface area (TPSA) is 26.3 Å². The smallest absolute Gasteiger partial charge is 0.351 e. The minimum atomic E-state index is -0.534. The van der Waals surface area contributed by atoms with Gasteiger partial charge in [-0.2, -0.15) is 0 Å². The van der Waals surface area contributed by atoms with Crippen LogP contribution in [-0.4, -0.2) is 12.6 Å². The second-order valence-electron chi connectivity index (χ2n) is 16.1. The molecule has 0 aliphatic carbocycles.